The highest BCUT2D eigenvalue weighted by Gasteiger charge is 2.17. The van der Waals surface area contributed by atoms with E-state index in [9.17, 15) is 18.0 Å². The summed E-state index contributed by atoms with van der Waals surface area (Å²) in [5.74, 6) is -5.22. The van der Waals surface area contributed by atoms with Gasteiger partial charge < -0.3 is 10.6 Å². The Labute approximate surface area is 157 Å². The Morgan fingerprint density at radius 1 is 1.04 bits per heavy atom. The molecule has 3 rings (SSSR count). The standard InChI is InChI=1S/C18H12ClF3N4O/c1-9-10(19)3-2-4-12(9)25-18-23-8-7-14(26-18)17(27)24-13-6-5-11(20)15(21)16(13)22/h2-8H,1H3,(H,24,27)(H,23,25,26). The van der Waals surface area contributed by atoms with E-state index in [2.05, 4.69) is 20.6 Å². The highest BCUT2D eigenvalue weighted by Crippen LogP contribution is 2.25. The van der Waals surface area contributed by atoms with Gasteiger partial charge in [0.15, 0.2) is 17.5 Å². The summed E-state index contributed by atoms with van der Waals surface area (Å²) in [6.45, 7) is 1.80. The van der Waals surface area contributed by atoms with Crippen molar-refractivity contribution in [2.45, 2.75) is 6.92 Å². The molecule has 0 aliphatic rings. The molecule has 0 aliphatic carbocycles. The molecular weight excluding hydrogens is 381 g/mol. The van der Waals surface area contributed by atoms with Gasteiger partial charge in [0.1, 0.15) is 5.69 Å². The van der Waals surface area contributed by atoms with Crippen LogP contribution < -0.4 is 10.6 Å². The van der Waals surface area contributed by atoms with Crippen molar-refractivity contribution in [2.24, 2.45) is 0 Å². The maximum absolute atomic E-state index is 13.7. The quantitative estimate of drug-likeness (QED) is 0.623. The van der Waals surface area contributed by atoms with Crippen LogP contribution in [0, 0.1) is 24.4 Å². The topological polar surface area (TPSA) is 66.9 Å². The van der Waals surface area contributed by atoms with Crippen molar-refractivity contribution >= 4 is 34.8 Å². The number of benzene rings is 2. The Hall–Kier alpha value is -3.13. The number of nitrogens with one attached hydrogen (secondary N) is 2. The van der Waals surface area contributed by atoms with Gasteiger partial charge in [-0.25, -0.2) is 23.1 Å². The largest absolute Gasteiger partial charge is 0.324 e. The summed E-state index contributed by atoms with van der Waals surface area (Å²) < 4.78 is 39.9. The second kappa shape index (κ2) is 7.63. The third-order valence-electron chi connectivity index (χ3n) is 3.69. The van der Waals surface area contributed by atoms with Crippen molar-refractivity contribution in [1.29, 1.82) is 0 Å². The molecule has 9 heteroatoms. The average molecular weight is 393 g/mol. The van der Waals surface area contributed by atoms with E-state index in [1.165, 1.54) is 12.3 Å². The van der Waals surface area contributed by atoms with Gasteiger partial charge in [0.05, 0.1) is 5.69 Å². The van der Waals surface area contributed by atoms with Gasteiger partial charge in [-0.15, -0.1) is 0 Å². The van der Waals surface area contributed by atoms with E-state index >= 15 is 0 Å². The lowest BCUT2D eigenvalue weighted by atomic mass is 10.2. The van der Waals surface area contributed by atoms with Crippen LogP contribution in [-0.2, 0) is 0 Å². The Balaban J connectivity index is 1.82. The van der Waals surface area contributed by atoms with Gasteiger partial charge in [0, 0.05) is 16.9 Å². The van der Waals surface area contributed by atoms with Crippen molar-refractivity contribution in [3.05, 3.63) is 76.3 Å². The lowest BCUT2D eigenvalue weighted by molar-refractivity contribution is 0.102. The molecule has 1 heterocycles. The monoisotopic (exact) mass is 392 g/mol. The number of amides is 1. The summed E-state index contributed by atoms with van der Waals surface area (Å²) in [6.07, 6.45) is 1.33. The van der Waals surface area contributed by atoms with Crippen LogP contribution >= 0.6 is 11.6 Å². The van der Waals surface area contributed by atoms with Crippen LogP contribution in [0.15, 0.2) is 42.6 Å². The first-order valence-corrected chi connectivity index (χ1v) is 8.04. The number of carbonyl (C=O) groups is 1. The highest BCUT2D eigenvalue weighted by atomic mass is 35.5. The van der Waals surface area contributed by atoms with Crippen LogP contribution in [0.2, 0.25) is 5.02 Å². The predicted octanol–water partition coefficient (Wildman–Crippen LogP) is 4.85. The zero-order chi connectivity index (χ0) is 19.6. The van der Waals surface area contributed by atoms with Crippen molar-refractivity contribution in [2.75, 3.05) is 10.6 Å². The molecule has 138 valence electrons. The molecule has 1 amide bonds. The summed E-state index contributed by atoms with van der Waals surface area (Å²) in [7, 11) is 0. The van der Waals surface area contributed by atoms with Crippen LogP contribution in [0.3, 0.4) is 0 Å². The first kappa shape index (κ1) is 18.7. The van der Waals surface area contributed by atoms with E-state index in [0.29, 0.717) is 16.8 Å². The van der Waals surface area contributed by atoms with Gasteiger partial charge in [-0.3, -0.25) is 4.79 Å². The van der Waals surface area contributed by atoms with E-state index in [4.69, 9.17) is 11.6 Å². The van der Waals surface area contributed by atoms with Gasteiger partial charge in [-0.1, -0.05) is 17.7 Å². The van der Waals surface area contributed by atoms with E-state index < -0.39 is 29.0 Å². The molecule has 1 aromatic heterocycles. The predicted molar refractivity (Wildman–Crippen MR) is 95.8 cm³/mol. The van der Waals surface area contributed by atoms with Crippen LogP contribution in [0.25, 0.3) is 0 Å². The summed E-state index contributed by atoms with van der Waals surface area (Å²) in [6, 6.07) is 8.14. The number of halogens is 4. The Bertz CT molecular complexity index is 1030. The molecule has 0 saturated carbocycles. The van der Waals surface area contributed by atoms with Gasteiger partial charge >= 0.3 is 0 Å². The third kappa shape index (κ3) is 4.01. The lowest BCUT2D eigenvalue weighted by Gasteiger charge is -2.10. The van der Waals surface area contributed by atoms with Crippen molar-refractivity contribution in [3.63, 3.8) is 0 Å². The normalized spacial score (nSPS) is 10.6. The zero-order valence-corrected chi connectivity index (χ0v) is 14.6. The third-order valence-corrected chi connectivity index (χ3v) is 4.10. The highest BCUT2D eigenvalue weighted by molar-refractivity contribution is 6.31. The number of anilines is 3. The first-order valence-electron chi connectivity index (χ1n) is 7.67. The SMILES string of the molecule is Cc1c(Cl)cccc1Nc1nccc(C(=O)Nc2ccc(F)c(F)c2F)n1. The van der Waals surface area contributed by atoms with Gasteiger partial charge in [-0.05, 0) is 42.8 Å². The number of aromatic nitrogens is 2. The molecule has 0 spiro atoms. The van der Waals surface area contributed by atoms with E-state index in [1.807, 2.05) is 0 Å². The fourth-order valence-electron chi connectivity index (χ4n) is 2.22. The fourth-order valence-corrected chi connectivity index (χ4v) is 2.39. The summed E-state index contributed by atoms with van der Waals surface area (Å²) in [4.78, 5) is 20.3. The van der Waals surface area contributed by atoms with Crippen molar-refractivity contribution in [3.8, 4) is 0 Å². The number of rotatable bonds is 4. The molecule has 5 nitrogen and oxygen atoms in total. The van der Waals surface area contributed by atoms with Crippen LogP contribution in [0.1, 0.15) is 16.1 Å². The molecule has 27 heavy (non-hydrogen) atoms. The Morgan fingerprint density at radius 2 is 1.81 bits per heavy atom. The number of hydrogen-bond acceptors (Lipinski definition) is 4. The molecule has 2 N–H and O–H groups in total. The molecule has 0 fully saturated rings. The average Bonchev–Trinajstić information content (AvgIpc) is 2.66. The molecule has 0 atom stereocenters. The van der Waals surface area contributed by atoms with Gasteiger partial charge in [-0.2, -0.15) is 0 Å². The molecule has 0 bridgehead atoms. The van der Waals surface area contributed by atoms with Crippen molar-refractivity contribution < 1.29 is 18.0 Å². The Kier molecular flexibility index (Phi) is 5.27. The lowest BCUT2D eigenvalue weighted by Crippen LogP contribution is -2.16. The van der Waals surface area contributed by atoms with E-state index in [-0.39, 0.29) is 11.6 Å². The van der Waals surface area contributed by atoms with E-state index in [0.717, 1.165) is 11.6 Å². The minimum absolute atomic E-state index is 0.101. The molecule has 0 aliphatic heterocycles. The Morgan fingerprint density at radius 3 is 2.59 bits per heavy atom. The number of hydrogen-bond donors (Lipinski definition) is 2. The van der Waals surface area contributed by atoms with Crippen LogP contribution in [0.4, 0.5) is 30.5 Å². The summed E-state index contributed by atoms with van der Waals surface area (Å²) in [5, 5.41) is 5.62. The molecule has 0 saturated heterocycles. The maximum atomic E-state index is 13.7. The minimum Gasteiger partial charge on any atom is -0.324 e. The van der Waals surface area contributed by atoms with Gasteiger partial charge in [0.2, 0.25) is 5.95 Å². The fraction of sp³-hybridized carbons (Fsp3) is 0.0556. The molecule has 3 aromatic rings. The second-order valence-electron chi connectivity index (χ2n) is 5.48. The molecule has 0 unspecified atom stereocenters. The van der Waals surface area contributed by atoms with Crippen molar-refractivity contribution in [1.82, 2.24) is 9.97 Å². The minimum atomic E-state index is -1.67. The second-order valence-corrected chi connectivity index (χ2v) is 5.89. The van der Waals surface area contributed by atoms with Gasteiger partial charge in [0.25, 0.3) is 5.91 Å². The zero-order valence-electron chi connectivity index (χ0n) is 13.9. The summed E-state index contributed by atoms with van der Waals surface area (Å²) >= 11 is 6.05. The molecular formula is C18H12ClF3N4O. The summed E-state index contributed by atoms with van der Waals surface area (Å²) in [5.41, 5.74) is 0.808. The smallest absolute Gasteiger partial charge is 0.274 e. The maximum Gasteiger partial charge on any atom is 0.274 e. The van der Waals surface area contributed by atoms with Crippen LogP contribution in [-0.4, -0.2) is 15.9 Å². The molecule has 0 radical (unpaired) electrons. The first-order chi connectivity index (χ1) is 12.9. The number of carbonyl (C=O) groups excluding carboxylic acids is 1. The van der Waals surface area contributed by atoms with Crippen LogP contribution in [0.5, 0.6) is 0 Å². The molecule has 2 aromatic carbocycles. The number of nitrogens with zero attached hydrogens (tertiary/aromatic N) is 2. The van der Waals surface area contributed by atoms with E-state index in [1.54, 1.807) is 25.1 Å².